The van der Waals surface area contributed by atoms with E-state index in [2.05, 4.69) is 13.0 Å². The van der Waals surface area contributed by atoms with Crippen LogP contribution in [0.25, 0.3) is 0 Å². The minimum atomic E-state index is -0.433. The lowest BCUT2D eigenvalue weighted by molar-refractivity contribution is -0.129. The SMILES string of the molecule is Cc1ccsc1C1SC(C)C(=O)N1CCN(C)C(=O)c1cccc(F)c1. The van der Waals surface area contributed by atoms with Gasteiger partial charge in [0.05, 0.1) is 5.25 Å². The van der Waals surface area contributed by atoms with Gasteiger partial charge in [0.25, 0.3) is 5.91 Å². The van der Waals surface area contributed by atoms with Crippen molar-refractivity contribution in [1.82, 2.24) is 9.80 Å². The first-order chi connectivity index (χ1) is 12.4. The molecule has 2 aromatic rings. The molecule has 2 atom stereocenters. The number of thiophene rings is 1. The van der Waals surface area contributed by atoms with E-state index in [1.165, 1.54) is 33.5 Å². The normalized spacial score (nSPS) is 19.8. The molecule has 1 saturated heterocycles. The molecule has 1 aliphatic heterocycles. The summed E-state index contributed by atoms with van der Waals surface area (Å²) in [4.78, 5) is 29.6. The number of benzene rings is 1. The van der Waals surface area contributed by atoms with Crippen LogP contribution >= 0.6 is 23.1 Å². The standard InChI is InChI=1S/C19H21FN2O2S2/c1-12-7-10-25-16(12)19-22(17(23)13(2)26-19)9-8-21(3)18(24)14-5-4-6-15(20)11-14/h4-7,10-11,13,19H,8-9H2,1-3H3. The smallest absolute Gasteiger partial charge is 0.253 e. The van der Waals surface area contributed by atoms with E-state index in [1.807, 2.05) is 17.2 Å². The summed E-state index contributed by atoms with van der Waals surface area (Å²) >= 11 is 3.30. The van der Waals surface area contributed by atoms with Gasteiger partial charge in [0.1, 0.15) is 11.2 Å². The van der Waals surface area contributed by atoms with Gasteiger partial charge in [0.2, 0.25) is 5.91 Å². The van der Waals surface area contributed by atoms with Gasteiger partial charge in [-0.15, -0.1) is 23.1 Å². The van der Waals surface area contributed by atoms with Crippen molar-refractivity contribution in [3.05, 3.63) is 57.5 Å². The molecular formula is C19H21FN2O2S2. The maximum atomic E-state index is 13.3. The minimum Gasteiger partial charge on any atom is -0.340 e. The number of rotatable bonds is 5. The van der Waals surface area contributed by atoms with Crippen LogP contribution < -0.4 is 0 Å². The Morgan fingerprint density at radius 1 is 1.35 bits per heavy atom. The van der Waals surface area contributed by atoms with Crippen molar-refractivity contribution in [1.29, 1.82) is 0 Å². The maximum absolute atomic E-state index is 13.3. The van der Waals surface area contributed by atoms with Crippen LogP contribution in [0.1, 0.15) is 33.1 Å². The third-order valence-electron chi connectivity index (χ3n) is 4.47. The Labute approximate surface area is 161 Å². The Morgan fingerprint density at radius 2 is 2.12 bits per heavy atom. The molecule has 0 aliphatic carbocycles. The molecule has 7 heteroatoms. The third kappa shape index (κ3) is 3.78. The van der Waals surface area contributed by atoms with E-state index < -0.39 is 5.82 Å². The van der Waals surface area contributed by atoms with Gasteiger partial charge in [-0.05, 0) is 49.1 Å². The summed E-state index contributed by atoms with van der Waals surface area (Å²) in [6.45, 7) is 4.83. The molecule has 0 saturated carbocycles. The molecule has 0 spiro atoms. The van der Waals surface area contributed by atoms with Crippen molar-refractivity contribution in [3.63, 3.8) is 0 Å². The number of hydrogen-bond donors (Lipinski definition) is 0. The Kier molecular flexibility index (Phi) is 5.67. The second-order valence-electron chi connectivity index (χ2n) is 6.37. The molecule has 0 bridgehead atoms. The van der Waals surface area contributed by atoms with Gasteiger partial charge in [-0.3, -0.25) is 9.59 Å². The van der Waals surface area contributed by atoms with Crippen LogP contribution in [-0.4, -0.2) is 47.0 Å². The topological polar surface area (TPSA) is 40.6 Å². The molecule has 1 aromatic carbocycles. The average Bonchev–Trinajstić information content (AvgIpc) is 3.16. The molecule has 1 aromatic heterocycles. The number of likely N-dealkylation sites (N-methyl/N-ethyl adjacent to an activating group) is 1. The molecule has 0 N–H and O–H groups in total. The van der Waals surface area contributed by atoms with Crippen LogP contribution in [0.15, 0.2) is 35.7 Å². The number of nitrogens with zero attached hydrogens (tertiary/aromatic N) is 2. The predicted octanol–water partition coefficient (Wildman–Crippen LogP) is 3.93. The first-order valence-electron chi connectivity index (χ1n) is 8.39. The van der Waals surface area contributed by atoms with Crippen molar-refractivity contribution in [2.75, 3.05) is 20.1 Å². The molecule has 2 heterocycles. The molecule has 138 valence electrons. The predicted molar refractivity (Wildman–Crippen MR) is 104 cm³/mol. The summed E-state index contributed by atoms with van der Waals surface area (Å²) in [6.07, 6.45) is 0. The van der Waals surface area contributed by atoms with Gasteiger partial charge in [-0.2, -0.15) is 0 Å². The monoisotopic (exact) mass is 392 g/mol. The van der Waals surface area contributed by atoms with Crippen molar-refractivity contribution >= 4 is 34.9 Å². The molecule has 1 fully saturated rings. The average molecular weight is 393 g/mol. The third-order valence-corrected chi connectivity index (χ3v) is 7.05. The number of carbonyl (C=O) groups is 2. The van der Waals surface area contributed by atoms with E-state index in [1.54, 1.807) is 36.2 Å². The summed E-state index contributed by atoms with van der Waals surface area (Å²) in [5, 5.41) is 1.94. The van der Waals surface area contributed by atoms with Crippen LogP contribution in [0.3, 0.4) is 0 Å². The van der Waals surface area contributed by atoms with E-state index in [-0.39, 0.29) is 22.4 Å². The maximum Gasteiger partial charge on any atom is 0.253 e. The minimum absolute atomic E-state index is 0.00447. The second-order valence-corrected chi connectivity index (χ2v) is 8.74. The van der Waals surface area contributed by atoms with Gasteiger partial charge >= 0.3 is 0 Å². The summed E-state index contributed by atoms with van der Waals surface area (Å²) in [5.41, 5.74) is 1.50. The van der Waals surface area contributed by atoms with Crippen LogP contribution in [-0.2, 0) is 4.79 Å². The van der Waals surface area contributed by atoms with Crippen LogP contribution in [0.5, 0.6) is 0 Å². The molecule has 0 radical (unpaired) electrons. The van der Waals surface area contributed by atoms with Gasteiger partial charge in [-0.25, -0.2) is 4.39 Å². The molecule has 26 heavy (non-hydrogen) atoms. The first-order valence-corrected chi connectivity index (χ1v) is 10.2. The largest absolute Gasteiger partial charge is 0.340 e. The highest BCUT2D eigenvalue weighted by Gasteiger charge is 2.39. The number of carbonyl (C=O) groups excluding carboxylic acids is 2. The molecule has 2 unspecified atom stereocenters. The van der Waals surface area contributed by atoms with Crippen LogP contribution in [0, 0.1) is 12.7 Å². The lowest BCUT2D eigenvalue weighted by Gasteiger charge is -2.26. The Balaban J connectivity index is 1.69. The number of aryl methyl sites for hydroxylation is 1. The Hall–Kier alpha value is -1.86. The van der Waals surface area contributed by atoms with Crippen LogP contribution in [0.4, 0.5) is 4.39 Å². The summed E-state index contributed by atoms with van der Waals surface area (Å²) < 4.78 is 13.3. The van der Waals surface area contributed by atoms with Crippen molar-refractivity contribution < 1.29 is 14.0 Å². The highest BCUT2D eigenvalue weighted by molar-refractivity contribution is 8.01. The molecule has 2 amide bonds. The fourth-order valence-electron chi connectivity index (χ4n) is 2.94. The highest BCUT2D eigenvalue weighted by atomic mass is 32.2. The summed E-state index contributed by atoms with van der Waals surface area (Å²) in [6, 6.07) is 7.72. The van der Waals surface area contributed by atoms with Crippen LogP contribution in [0.2, 0.25) is 0 Å². The zero-order chi connectivity index (χ0) is 18.8. The summed E-state index contributed by atoms with van der Waals surface area (Å²) in [7, 11) is 1.68. The van der Waals surface area contributed by atoms with Gasteiger partial charge in [0, 0.05) is 30.6 Å². The second kappa shape index (κ2) is 7.80. The van der Waals surface area contributed by atoms with Gasteiger partial charge in [0.15, 0.2) is 0 Å². The number of amides is 2. The van der Waals surface area contributed by atoms with Crippen molar-refractivity contribution in [2.45, 2.75) is 24.5 Å². The number of halogens is 1. The van der Waals surface area contributed by atoms with E-state index in [9.17, 15) is 14.0 Å². The quantitative estimate of drug-likeness (QED) is 0.774. The van der Waals surface area contributed by atoms with E-state index in [0.717, 1.165) is 0 Å². The Bertz CT molecular complexity index is 823. The van der Waals surface area contributed by atoms with Crippen molar-refractivity contribution in [3.8, 4) is 0 Å². The van der Waals surface area contributed by atoms with Gasteiger partial charge in [-0.1, -0.05) is 6.07 Å². The van der Waals surface area contributed by atoms with Crippen molar-refractivity contribution in [2.24, 2.45) is 0 Å². The molecule has 3 rings (SSSR count). The first kappa shape index (κ1) is 18.9. The van der Waals surface area contributed by atoms with E-state index in [0.29, 0.717) is 18.7 Å². The van der Waals surface area contributed by atoms with E-state index in [4.69, 9.17) is 0 Å². The number of thioether (sulfide) groups is 1. The zero-order valence-corrected chi connectivity index (χ0v) is 16.6. The fourth-order valence-corrected chi connectivity index (χ4v) is 5.50. The molecule has 4 nitrogen and oxygen atoms in total. The fraction of sp³-hybridized carbons (Fsp3) is 0.368. The van der Waals surface area contributed by atoms with E-state index >= 15 is 0 Å². The highest BCUT2D eigenvalue weighted by Crippen LogP contribution is 2.45. The molecule has 1 aliphatic rings. The zero-order valence-electron chi connectivity index (χ0n) is 14.9. The Morgan fingerprint density at radius 3 is 2.77 bits per heavy atom. The molecular weight excluding hydrogens is 371 g/mol. The lowest BCUT2D eigenvalue weighted by atomic mass is 10.2. The number of hydrogen-bond acceptors (Lipinski definition) is 4. The van der Waals surface area contributed by atoms with Gasteiger partial charge < -0.3 is 9.80 Å². The summed E-state index contributed by atoms with van der Waals surface area (Å²) in [5.74, 6) is -0.586. The lowest BCUT2D eigenvalue weighted by Crippen LogP contribution is -2.39.